The smallest absolute Gasteiger partial charge is 0.338 e. The summed E-state index contributed by atoms with van der Waals surface area (Å²) in [5.41, 5.74) is 0.954. The Hall–Kier alpha value is -2.19. The van der Waals surface area contributed by atoms with Gasteiger partial charge >= 0.3 is 11.9 Å². The number of aliphatic hydroxyl groups excluding tert-OH is 1. The first-order chi connectivity index (χ1) is 11.9. The molecule has 2 aliphatic rings. The Morgan fingerprint density at radius 1 is 1.40 bits per heavy atom. The van der Waals surface area contributed by atoms with Crippen molar-refractivity contribution in [1.29, 1.82) is 0 Å². The molecule has 25 heavy (non-hydrogen) atoms. The molecule has 8 heteroatoms. The molecular formula is C17H17NO6S. The number of carbonyl (C=O) groups excluding carboxylic acids is 3. The minimum Gasteiger partial charge on any atom is -0.428 e. The van der Waals surface area contributed by atoms with E-state index in [9.17, 15) is 19.5 Å². The second-order valence-corrected chi connectivity index (χ2v) is 7.09. The lowest BCUT2D eigenvalue weighted by Crippen LogP contribution is -2.54. The molecule has 1 saturated carbocycles. The molecule has 0 spiro atoms. The highest BCUT2D eigenvalue weighted by molar-refractivity contribution is 8.09. The number of ketones is 1. The Bertz CT molecular complexity index is 745. The summed E-state index contributed by atoms with van der Waals surface area (Å²) in [6.07, 6.45) is 2.43. The number of hydrogen-bond acceptors (Lipinski definition) is 8. The normalized spacial score (nSPS) is 25.9. The van der Waals surface area contributed by atoms with E-state index in [1.54, 1.807) is 31.5 Å². The SMILES string of the molecule is CC(=O)OCOC(=O)C1=C(c2cccnc2)S[C@H]2C1C(=O)[C@@H]2[C@@H](C)O. The summed E-state index contributed by atoms with van der Waals surface area (Å²) in [6.45, 7) is 2.27. The topological polar surface area (TPSA) is 103 Å². The van der Waals surface area contributed by atoms with Gasteiger partial charge in [-0.2, -0.15) is 0 Å². The number of carbonyl (C=O) groups is 3. The zero-order valence-corrected chi connectivity index (χ0v) is 14.5. The Labute approximate surface area is 148 Å². The van der Waals surface area contributed by atoms with E-state index in [2.05, 4.69) is 9.72 Å². The Kier molecular flexibility index (Phi) is 4.91. The van der Waals surface area contributed by atoms with Crippen LogP contribution in [-0.4, -0.2) is 46.0 Å². The molecule has 1 aliphatic carbocycles. The van der Waals surface area contributed by atoms with Crippen molar-refractivity contribution >= 4 is 34.4 Å². The molecule has 2 heterocycles. The molecule has 1 N–H and O–H groups in total. The first-order valence-corrected chi connectivity index (χ1v) is 8.63. The molecule has 3 rings (SSSR count). The van der Waals surface area contributed by atoms with Crippen LogP contribution in [-0.2, 0) is 23.9 Å². The van der Waals surface area contributed by atoms with Gasteiger partial charge in [-0.1, -0.05) is 6.07 Å². The monoisotopic (exact) mass is 363 g/mol. The average molecular weight is 363 g/mol. The molecule has 0 amide bonds. The molecule has 4 atom stereocenters. The molecule has 1 aromatic heterocycles. The molecule has 0 saturated heterocycles. The Morgan fingerprint density at radius 2 is 2.16 bits per heavy atom. The van der Waals surface area contributed by atoms with Crippen LogP contribution >= 0.6 is 11.8 Å². The molecular weight excluding hydrogens is 346 g/mol. The molecule has 132 valence electrons. The highest BCUT2D eigenvalue weighted by Gasteiger charge is 2.59. The second-order valence-electron chi connectivity index (χ2n) is 5.90. The third-order valence-electron chi connectivity index (χ3n) is 4.24. The standard InChI is InChI=1S/C17H17NO6S/c1-8(19)11-14(21)12-13(17(22)24-7-23-9(2)20)15(25-16(11)12)10-4-3-5-18-6-10/h3-6,8,11-12,16,19H,7H2,1-2H3/t8-,11+,12?,16-/m1/s1. The largest absolute Gasteiger partial charge is 0.428 e. The maximum Gasteiger partial charge on any atom is 0.338 e. The lowest BCUT2D eigenvalue weighted by atomic mass is 9.67. The summed E-state index contributed by atoms with van der Waals surface area (Å²) in [5.74, 6) is -2.57. The molecule has 1 unspecified atom stereocenters. The van der Waals surface area contributed by atoms with Crippen LogP contribution < -0.4 is 0 Å². The van der Waals surface area contributed by atoms with E-state index in [0.29, 0.717) is 10.5 Å². The van der Waals surface area contributed by atoms with Crippen LogP contribution in [0.25, 0.3) is 4.91 Å². The van der Waals surface area contributed by atoms with Gasteiger partial charge in [-0.25, -0.2) is 4.79 Å². The van der Waals surface area contributed by atoms with Gasteiger partial charge in [0.05, 0.1) is 23.5 Å². The van der Waals surface area contributed by atoms with Gasteiger partial charge in [0.15, 0.2) is 0 Å². The quantitative estimate of drug-likeness (QED) is 0.614. The number of thioether (sulfide) groups is 1. The zero-order valence-electron chi connectivity index (χ0n) is 13.7. The van der Waals surface area contributed by atoms with Crippen molar-refractivity contribution < 1.29 is 29.0 Å². The molecule has 0 radical (unpaired) electrons. The van der Waals surface area contributed by atoms with Crippen molar-refractivity contribution in [1.82, 2.24) is 4.98 Å². The van der Waals surface area contributed by atoms with Gasteiger partial charge in [-0.05, 0) is 13.0 Å². The van der Waals surface area contributed by atoms with E-state index >= 15 is 0 Å². The summed E-state index contributed by atoms with van der Waals surface area (Å²) < 4.78 is 9.63. The van der Waals surface area contributed by atoms with E-state index in [-0.39, 0.29) is 16.6 Å². The lowest BCUT2D eigenvalue weighted by Gasteiger charge is -2.40. The molecule has 1 aliphatic heterocycles. The number of hydrogen-bond donors (Lipinski definition) is 1. The molecule has 1 aromatic rings. The maximum atomic E-state index is 12.5. The third kappa shape index (κ3) is 3.19. The van der Waals surface area contributed by atoms with Crippen molar-refractivity contribution in [2.45, 2.75) is 25.2 Å². The van der Waals surface area contributed by atoms with E-state index in [0.717, 1.165) is 0 Å². The van der Waals surface area contributed by atoms with E-state index in [1.165, 1.54) is 18.7 Å². The van der Waals surface area contributed by atoms with Crippen LogP contribution in [0, 0.1) is 11.8 Å². The number of pyridine rings is 1. The van der Waals surface area contributed by atoms with Crippen molar-refractivity contribution in [2.75, 3.05) is 6.79 Å². The number of Topliss-reactive ketones (excluding diaryl/α,β-unsaturated/α-hetero) is 1. The Balaban J connectivity index is 1.90. The zero-order chi connectivity index (χ0) is 18.1. The Morgan fingerprint density at radius 3 is 2.76 bits per heavy atom. The first-order valence-electron chi connectivity index (χ1n) is 7.75. The third-order valence-corrected chi connectivity index (χ3v) is 5.77. The molecule has 0 bridgehead atoms. The highest BCUT2D eigenvalue weighted by Crippen LogP contribution is 2.57. The maximum absolute atomic E-state index is 12.5. The predicted molar refractivity (Wildman–Crippen MR) is 88.9 cm³/mol. The van der Waals surface area contributed by atoms with E-state index < -0.39 is 36.7 Å². The van der Waals surface area contributed by atoms with Crippen molar-refractivity contribution in [3.8, 4) is 0 Å². The van der Waals surface area contributed by atoms with Crippen molar-refractivity contribution in [3.05, 3.63) is 35.7 Å². The van der Waals surface area contributed by atoms with Gasteiger partial charge in [-0.15, -0.1) is 11.8 Å². The molecule has 0 aromatic carbocycles. The second kappa shape index (κ2) is 6.97. The fourth-order valence-corrected chi connectivity index (χ4v) is 4.89. The number of rotatable bonds is 5. The fraction of sp³-hybridized carbons (Fsp3) is 0.412. The molecule has 1 fully saturated rings. The van der Waals surface area contributed by atoms with Gasteiger partial charge in [0.25, 0.3) is 0 Å². The number of fused-ring (bicyclic) bond motifs is 1. The van der Waals surface area contributed by atoms with E-state index in [4.69, 9.17) is 4.74 Å². The number of nitrogens with zero attached hydrogens (tertiary/aromatic N) is 1. The average Bonchev–Trinajstić information content (AvgIpc) is 2.90. The van der Waals surface area contributed by atoms with Crippen LogP contribution in [0.4, 0.5) is 0 Å². The van der Waals surface area contributed by atoms with Crippen LogP contribution in [0.2, 0.25) is 0 Å². The molecule has 7 nitrogen and oxygen atoms in total. The van der Waals surface area contributed by atoms with Gasteiger partial charge in [-0.3, -0.25) is 14.6 Å². The number of aliphatic hydroxyl groups is 1. The predicted octanol–water partition coefficient (Wildman–Crippen LogP) is 1.17. The summed E-state index contributed by atoms with van der Waals surface area (Å²) >= 11 is 1.38. The number of aromatic nitrogens is 1. The van der Waals surface area contributed by atoms with Gasteiger partial charge in [0, 0.05) is 35.0 Å². The summed E-state index contributed by atoms with van der Waals surface area (Å²) in [5, 5.41) is 9.63. The number of ether oxygens (including phenoxy) is 2. The van der Waals surface area contributed by atoms with Crippen LogP contribution in [0.3, 0.4) is 0 Å². The highest BCUT2D eigenvalue weighted by atomic mass is 32.2. The van der Waals surface area contributed by atoms with Crippen molar-refractivity contribution in [3.63, 3.8) is 0 Å². The number of esters is 2. The van der Waals surface area contributed by atoms with Gasteiger partial charge in [0.2, 0.25) is 6.79 Å². The summed E-state index contributed by atoms with van der Waals surface area (Å²) in [6, 6.07) is 3.53. The summed E-state index contributed by atoms with van der Waals surface area (Å²) in [7, 11) is 0. The van der Waals surface area contributed by atoms with Gasteiger partial charge < -0.3 is 14.6 Å². The summed E-state index contributed by atoms with van der Waals surface area (Å²) in [4.78, 5) is 40.4. The van der Waals surface area contributed by atoms with Crippen LogP contribution in [0.5, 0.6) is 0 Å². The van der Waals surface area contributed by atoms with Crippen molar-refractivity contribution in [2.24, 2.45) is 11.8 Å². The van der Waals surface area contributed by atoms with Crippen LogP contribution in [0.1, 0.15) is 19.4 Å². The van der Waals surface area contributed by atoms with E-state index in [1.807, 2.05) is 0 Å². The minimum absolute atomic E-state index is 0.175. The van der Waals surface area contributed by atoms with Crippen LogP contribution in [0.15, 0.2) is 30.1 Å². The first kappa shape index (κ1) is 17.6. The fourth-order valence-electron chi connectivity index (χ4n) is 3.10. The minimum atomic E-state index is -0.784. The lowest BCUT2D eigenvalue weighted by molar-refractivity contribution is -0.164. The van der Waals surface area contributed by atoms with Gasteiger partial charge in [0.1, 0.15) is 5.78 Å².